The molecule has 1 heterocycles. The smallest absolute Gasteiger partial charge is 0.150 e. The Morgan fingerprint density at radius 1 is 1.64 bits per heavy atom. The van der Waals surface area contributed by atoms with Gasteiger partial charge >= 0.3 is 0 Å². The fourth-order valence-corrected chi connectivity index (χ4v) is 0.873. The number of hydrogen-bond acceptors (Lipinski definition) is 3. The molecule has 0 amide bonds. The van der Waals surface area contributed by atoms with Gasteiger partial charge in [-0.2, -0.15) is 5.10 Å². The van der Waals surface area contributed by atoms with Gasteiger partial charge in [0.05, 0.1) is 0 Å². The van der Waals surface area contributed by atoms with E-state index in [0.717, 1.165) is 5.56 Å². The Labute approximate surface area is 68.9 Å². The second-order valence-corrected chi connectivity index (χ2v) is 2.40. The lowest BCUT2D eigenvalue weighted by Crippen LogP contribution is -2.15. The number of hydrazone groups is 1. The van der Waals surface area contributed by atoms with Gasteiger partial charge in [0.25, 0.3) is 0 Å². The number of H-pyrrole nitrogens is 1. The van der Waals surface area contributed by atoms with Crippen LogP contribution >= 0.6 is 12.2 Å². The monoisotopic (exact) mass is 168 g/mol. The van der Waals surface area contributed by atoms with Crippen LogP contribution in [0.25, 0.3) is 0 Å². The van der Waals surface area contributed by atoms with E-state index in [1.807, 2.05) is 0 Å². The predicted molar refractivity (Wildman–Crippen MR) is 46.5 cm³/mol. The number of pyridine rings is 1. The SMILES string of the molecule is N/N=C(\N)c1cc[nH]c(=S)c1. The Kier molecular flexibility index (Phi) is 2.22. The molecule has 0 aliphatic heterocycles. The largest absolute Gasteiger partial charge is 0.382 e. The van der Waals surface area contributed by atoms with Crippen LogP contribution in [-0.4, -0.2) is 10.8 Å². The predicted octanol–water partition coefficient (Wildman–Crippen LogP) is 0.323. The summed E-state index contributed by atoms with van der Waals surface area (Å²) in [4.78, 5) is 2.81. The molecule has 0 aliphatic rings. The Hall–Kier alpha value is -1.36. The molecule has 0 aliphatic carbocycles. The van der Waals surface area contributed by atoms with Crippen molar-refractivity contribution < 1.29 is 0 Å². The van der Waals surface area contributed by atoms with Crippen molar-refractivity contribution >= 4 is 18.1 Å². The maximum Gasteiger partial charge on any atom is 0.150 e. The third-order valence-electron chi connectivity index (χ3n) is 1.21. The summed E-state index contributed by atoms with van der Waals surface area (Å²) < 4.78 is 0.606. The Morgan fingerprint density at radius 2 is 2.36 bits per heavy atom. The molecule has 0 bridgehead atoms. The van der Waals surface area contributed by atoms with E-state index >= 15 is 0 Å². The minimum atomic E-state index is 0.283. The number of hydrogen-bond donors (Lipinski definition) is 3. The van der Waals surface area contributed by atoms with Crippen molar-refractivity contribution in [2.75, 3.05) is 0 Å². The molecule has 11 heavy (non-hydrogen) atoms. The van der Waals surface area contributed by atoms with Gasteiger partial charge in [-0.1, -0.05) is 12.2 Å². The first kappa shape index (κ1) is 7.74. The summed E-state index contributed by atoms with van der Waals surface area (Å²) in [5.41, 5.74) is 6.16. The minimum Gasteiger partial charge on any atom is -0.382 e. The van der Waals surface area contributed by atoms with Crippen LogP contribution in [0, 0.1) is 4.64 Å². The number of nitrogens with two attached hydrogens (primary N) is 2. The van der Waals surface area contributed by atoms with E-state index < -0.39 is 0 Å². The third kappa shape index (κ3) is 1.78. The lowest BCUT2D eigenvalue weighted by atomic mass is 10.2. The molecule has 0 saturated carbocycles. The Morgan fingerprint density at radius 3 is 2.91 bits per heavy atom. The third-order valence-corrected chi connectivity index (χ3v) is 1.45. The van der Waals surface area contributed by atoms with E-state index in [9.17, 15) is 0 Å². The molecule has 0 fully saturated rings. The number of aromatic amines is 1. The standard InChI is InChI=1S/C6H8N4S/c7-6(10-8)4-1-2-9-5(11)3-4/h1-3H,8H2,(H2,7,10)(H,9,11). The van der Waals surface area contributed by atoms with Gasteiger partial charge < -0.3 is 16.6 Å². The number of aromatic nitrogens is 1. The zero-order valence-corrected chi connectivity index (χ0v) is 6.56. The molecule has 1 aromatic heterocycles. The van der Waals surface area contributed by atoms with Crippen LogP contribution < -0.4 is 11.6 Å². The van der Waals surface area contributed by atoms with Crippen LogP contribution in [-0.2, 0) is 0 Å². The van der Waals surface area contributed by atoms with Crippen molar-refractivity contribution in [2.24, 2.45) is 16.7 Å². The number of nitrogens with zero attached hydrogens (tertiary/aromatic N) is 1. The molecular formula is C6H8N4S. The Bertz CT molecular complexity index is 327. The van der Waals surface area contributed by atoms with Gasteiger partial charge in [-0.05, 0) is 12.1 Å². The number of nitrogens with one attached hydrogen (secondary N) is 1. The normalized spacial score (nSPS) is 11.5. The molecular weight excluding hydrogens is 160 g/mol. The molecule has 0 saturated heterocycles. The van der Waals surface area contributed by atoms with E-state index in [4.69, 9.17) is 23.8 Å². The highest BCUT2D eigenvalue weighted by atomic mass is 32.1. The zero-order chi connectivity index (χ0) is 8.27. The zero-order valence-electron chi connectivity index (χ0n) is 5.74. The van der Waals surface area contributed by atoms with Crippen molar-refractivity contribution in [1.82, 2.24) is 4.98 Å². The summed E-state index contributed by atoms with van der Waals surface area (Å²) in [5, 5.41) is 3.33. The molecule has 5 N–H and O–H groups in total. The highest BCUT2D eigenvalue weighted by Gasteiger charge is 1.94. The molecule has 0 atom stereocenters. The number of amidine groups is 1. The quantitative estimate of drug-likeness (QED) is 0.186. The van der Waals surface area contributed by atoms with E-state index in [0.29, 0.717) is 4.64 Å². The van der Waals surface area contributed by atoms with Crippen LogP contribution in [0.4, 0.5) is 0 Å². The summed E-state index contributed by atoms with van der Waals surface area (Å²) in [5.74, 6) is 5.26. The van der Waals surface area contributed by atoms with Crippen molar-refractivity contribution in [1.29, 1.82) is 0 Å². The molecule has 0 aromatic carbocycles. The van der Waals surface area contributed by atoms with Crippen LogP contribution in [0.1, 0.15) is 5.56 Å². The molecule has 0 spiro atoms. The molecule has 1 aromatic rings. The van der Waals surface area contributed by atoms with Crippen molar-refractivity contribution in [3.63, 3.8) is 0 Å². The summed E-state index contributed by atoms with van der Waals surface area (Å²) >= 11 is 4.86. The average Bonchev–Trinajstić information content (AvgIpc) is 2.03. The maximum absolute atomic E-state index is 5.43. The van der Waals surface area contributed by atoms with Gasteiger partial charge in [-0.3, -0.25) is 0 Å². The van der Waals surface area contributed by atoms with Crippen LogP contribution in [0.5, 0.6) is 0 Å². The molecule has 0 radical (unpaired) electrons. The van der Waals surface area contributed by atoms with Crippen molar-refractivity contribution in [3.8, 4) is 0 Å². The number of rotatable bonds is 1. The van der Waals surface area contributed by atoms with E-state index in [1.54, 1.807) is 18.3 Å². The highest BCUT2D eigenvalue weighted by molar-refractivity contribution is 7.71. The lowest BCUT2D eigenvalue weighted by Gasteiger charge is -1.96. The van der Waals surface area contributed by atoms with Gasteiger partial charge in [0.2, 0.25) is 0 Å². The highest BCUT2D eigenvalue weighted by Crippen LogP contribution is 1.95. The van der Waals surface area contributed by atoms with Gasteiger partial charge in [0.15, 0.2) is 0 Å². The first-order chi connectivity index (χ1) is 5.24. The lowest BCUT2D eigenvalue weighted by molar-refractivity contribution is 1.22. The molecule has 1 rings (SSSR count). The molecule has 4 nitrogen and oxygen atoms in total. The van der Waals surface area contributed by atoms with E-state index in [1.165, 1.54) is 0 Å². The first-order valence-electron chi connectivity index (χ1n) is 2.96. The van der Waals surface area contributed by atoms with Gasteiger partial charge in [0.1, 0.15) is 10.5 Å². The maximum atomic E-state index is 5.43. The summed E-state index contributed by atoms with van der Waals surface area (Å²) in [6, 6.07) is 3.45. The molecule has 5 heteroatoms. The summed E-state index contributed by atoms with van der Waals surface area (Å²) in [7, 11) is 0. The van der Waals surface area contributed by atoms with Gasteiger partial charge in [-0.25, -0.2) is 0 Å². The minimum absolute atomic E-state index is 0.283. The molecule has 58 valence electrons. The molecule has 0 unspecified atom stereocenters. The van der Waals surface area contributed by atoms with E-state index in [2.05, 4.69) is 10.1 Å². The second-order valence-electron chi connectivity index (χ2n) is 1.96. The topological polar surface area (TPSA) is 80.2 Å². The average molecular weight is 168 g/mol. The Balaban J connectivity index is 3.16. The second kappa shape index (κ2) is 3.16. The van der Waals surface area contributed by atoms with Crippen LogP contribution in [0.2, 0.25) is 0 Å². The first-order valence-corrected chi connectivity index (χ1v) is 3.37. The summed E-state index contributed by atoms with van der Waals surface area (Å²) in [6.45, 7) is 0. The fraction of sp³-hybridized carbons (Fsp3) is 0. The van der Waals surface area contributed by atoms with Crippen molar-refractivity contribution in [2.45, 2.75) is 0 Å². The fourth-order valence-electron chi connectivity index (χ4n) is 0.678. The van der Waals surface area contributed by atoms with Crippen LogP contribution in [0.15, 0.2) is 23.4 Å². The van der Waals surface area contributed by atoms with Gasteiger partial charge in [0, 0.05) is 11.8 Å². The van der Waals surface area contributed by atoms with E-state index in [-0.39, 0.29) is 5.84 Å². The van der Waals surface area contributed by atoms with Gasteiger partial charge in [-0.15, -0.1) is 0 Å². The summed E-state index contributed by atoms with van der Waals surface area (Å²) in [6.07, 6.45) is 1.69. The van der Waals surface area contributed by atoms with Crippen LogP contribution in [0.3, 0.4) is 0 Å². The van der Waals surface area contributed by atoms with Crippen molar-refractivity contribution in [3.05, 3.63) is 28.5 Å².